The Kier molecular flexibility index (Phi) is 5.65. The highest BCUT2D eigenvalue weighted by atomic mass is 16.2. The number of rotatable bonds is 4. The van der Waals surface area contributed by atoms with E-state index < -0.39 is 11.8 Å². The number of carbonyl (C=O) groups excluding carboxylic acids is 2. The fraction of sp³-hybridized carbons (Fsp3) is 0.500. The maximum Gasteiger partial charge on any atom is 0.314 e. The van der Waals surface area contributed by atoms with Gasteiger partial charge in [-0.15, -0.1) is 0 Å². The summed E-state index contributed by atoms with van der Waals surface area (Å²) in [5, 5.41) is 8.36. The summed E-state index contributed by atoms with van der Waals surface area (Å²) in [5.41, 5.74) is 0.994. The van der Waals surface area contributed by atoms with Crippen molar-refractivity contribution in [2.45, 2.75) is 6.92 Å². The van der Waals surface area contributed by atoms with Gasteiger partial charge in [-0.2, -0.15) is 0 Å². The van der Waals surface area contributed by atoms with Crippen molar-refractivity contribution in [1.82, 2.24) is 20.5 Å². The minimum atomic E-state index is -0.688. The summed E-state index contributed by atoms with van der Waals surface area (Å²) in [5.74, 6) is -0.943. The van der Waals surface area contributed by atoms with Gasteiger partial charge in [0.15, 0.2) is 0 Å². The Labute approximate surface area is 124 Å². The quantitative estimate of drug-likeness (QED) is 0.642. The summed E-state index contributed by atoms with van der Waals surface area (Å²) in [6.45, 7) is 6.99. The van der Waals surface area contributed by atoms with Crippen molar-refractivity contribution >= 4 is 17.6 Å². The molecule has 0 aromatic carbocycles. The highest BCUT2D eigenvalue weighted by Gasteiger charge is 2.15. The molecule has 114 valence electrons. The zero-order chi connectivity index (χ0) is 15.1. The summed E-state index contributed by atoms with van der Waals surface area (Å²) in [4.78, 5) is 29.6. The fourth-order valence-electron chi connectivity index (χ4n) is 2.06. The van der Waals surface area contributed by atoms with Crippen LogP contribution >= 0.6 is 0 Å². The summed E-state index contributed by atoms with van der Waals surface area (Å²) >= 11 is 0. The first-order valence-electron chi connectivity index (χ1n) is 7.10. The normalized spacial score (nSPS) is 15.5. The van der Waals surface area contributed by atoms with E-state index in [1.807, 2.05) is 13.0 Å². The maximum atomic E-state index is 11.7. The molecule has 0 aliphatic carbocycles. The Hall–Kier alpha value is -1.99. The van der Waals surface area contributed by atoms with Crippen LogP contribution < -0.4 is 16.0 Å². The lowest BCUT2D eigenvalue weighted by Crippen LogP contribution is -2.47. The summed E-state index contributed by atoms with van der Waals surface area (Å²) in [6.07, 6.45) is 1.64. The molecule has 0 bridgehead atoms. The molecule has 1 fully saturated rings. The number of carbonyl (C=O) groups is 2. The van der Waals surface area contributed by atoms with Crippen molar-refractivity contribution in [2.75, 3.05) is 44.6 Å². The molecule has 7 nitrogen and oxygen atoms in total. The van der Waals surface area contributed by atoms with Crippen molar-refractivity contribution in [3.8, 4) is 0 Å². The van der Waals surface area contributed by atoms with Crippen LogP contribution in [0.4, 0.5) is 5.82 Å². The molecule has 1 aromatic rings. The minimum absolute atomic E-state index is 0.378. The second-order valence-electron chi connectivity index (χ2n) is 5.02. The zero-order valence-corrected chi connectivity index (χ0v) is 12.2. The molecular weight excluding hydrogens is 270 g/mol. The van der Waals surface area contributed by atoms with E-state index in [0.29, 0.717) is 12.4 Å². The molecule has 0 unspecified atom stereocenters. The van der Waals surface area contributed by atoms with E-state index in [9.17, 15) is 9.59 Å². The van der Waals surface area contributed by atoms with E-state index in [1.165, 1.54) is 0 Å². The molecule has 2 rings (SSSR count). The van der Waals surface area contributed by atoms with Gasteiger partial charge < -0.3 is 16.0 Å². The number of anilines is 1. The molecule has 7 heteroatoms. The largest absolute Gasteiger partial charge is 0.347 e. The average Bonchev–Trinajstić information content (AvgIpc) is 2.50. The van der Waals surface area contributed by atoms with Gasteiger partial charge in [0.1, 0.15) is 5.82 Å². The van der Waals surface area contributed by atoms with Gasteiger partial charge in [0, 0.05) is 45.5 Å². The van der Waals surface area contributed by atoms with Crippen molar-refractivity contribution in [2.24, 2.45) is 0 Å². The standard InChI is InChI=1S/C14H21N5O2/c1-11-2-3-12(17-10-11)18-14(21)13(20)16-6-9-19-7-4-15-5-8-19/h2-3,10,15H,4-9H2,1H3,(H,16,20)(H,17,18,21). The maximum absolute atomic E-state index is 11.7. The Morgan fingerprint density at radius 1 is 1.29 bits per heavy atom. The highest BCUT2D eigenvalue weighted by molar-refractivity contribution is 6.39. The lowest BCUT2D eigenvalue weighted by Gasteiger charge is -2.26. The van der Waals surface area contributed by atoms with Gasteiger partial charge in [-0.1, -0.05) is 6.07 Å². The molecule has 1 aromatic heterocycles. The van der Waals surface area contributed by atoms with E-state index >= 15 is 0 Å². The molecule has 0 radical (unpaired) electrons. The van der Waals surface area contributed by atoms with Crippen LogP contribution in [-0.4, -0.2) is 61.0 Å². The van der Waals surface area contributed by atoms with Gasteiger partial charge in [-0.05, 0) is 18.6 Å². The molecule has 21 heavy (non-hydrogen) atoms. The summed E-state index contributed by atoms with van der Waals surface area (Å²) in [6, 6.07) is 3.49. The van der Waals surface area contributed by atoms with E-state index in [4.69, 9.17) is 0 Å². The second kappa shape index (κ2) is 7.70. The zero-order valence-electron chi connectivity index (χ0n) is 12.2. The third-order valence-corrected chi connectivity index (χ3v) is 3.28. The topological polar surface area (TPSA) is 86.4 Å². The number of amides is 2. The van der Waals surface area contributed by atoms with Gasteiger partial charge >= 0.3 is 11.8 Å². The molecule has 1 aliphatic heterocycles. The molecule has 3 N–H and O–H groups in total. The molecule has 0 saturated carbocycles. The Morgan fingerprint density at radius 2 is 2.05 bits per heavy atom. The Bertz CT molecular complexity index is 483. The predicted octanol–water partition coefficient (Wildman–Crippen LogP) is -0.650. The van der Waals surface area contributed by atoms with Gasteiger partial charge in [0.25, 0.3) is 0 Å². The van der Waals surface area contributed by atoms with E-state index in [2.05, 4.69) is 25.8 Å². The molecule has 2 amide bonds. The summed E-state index contributed by atoms with van der Waals surface area (Å²) in [7, 11) is 0. The van der Waals surface area contributed by atoms with Crippen molar-refractivity contribution in [3.05, 3.63) is 23.9 Å². The number of aryl methyl sites for hydroxylation is 1. The highest BCUT2D eigenvalue weighted by Crippen LogP contribution is 2.03. The van der Waals surface area contributed by atoms with Crippen LogP contribution in [0.15, 0.2) is 18.3 Å². The minimum Gasteiger partial charge on any atom is -0.347 e. The molecule has 1 aliphatic rings. The summed E-state index contributed by atoms with van der Waals surface area (Å²) < 4.78 is 0. The van der Waals surface area contributed by atoms with Crippen LogP contribution in [-0.2, 0) is 9.59 Å². The van der Waals surface area contributed by atoms with Gasteiger partial charge in [0.05, 0.1) is 0 Å². The van der Waals surface area contributed by atoms with E-state index in [-0.39, 0.29) is 0 Å². The number of nitrogens with zero attached hydrogens (tertiary/aromatic N) is 2. The molecule has 0 atom stereocenters. The fourth-order valence-corrected chi connectivity index (χ4v) is 2.06. The molecule has 0 spiro atoms. The monoisotopic (exact) mass is 291 g/mol. The lowest BCUT2D eigenvalue weighted by molar-refractivity contribution is -0.136. The Morgan fingerprint density at radius 3 is 2.71 bits per heavy atom. The van der Waals surface area contributed by atoms with Crippen LogP contribution in [0.2, 0.25) is 0 Å². The van der Waals surface area contributed by atoms with E-state index in [0.717, 1.165) is 38.3 Å². The van der Waals surface area contributed by atoms with Crippen LogP contribution in [0.1, 0.15) is 5.56 Å². The SMILES string of the molecule is Cc1ccc(NC(=O)C(=O)NCCN2CCNCC2)nc1. The second-order valence-corrected chi connectivity index (χ2v) is 5.02. The van der Waals surface area contributed by atoms with Gasteiger partial charge in [0.2, 0.25) is 0 Å². The number of aromatic nitrogens is 1. The number of hydrogen-bond acceptors (Lipinski definition) is 5. The van der Waals surface area contributed by atoms with Gasteiger partial charge in [-0.25, -0.2) is 4.98 Å². The lowest BCUT2D eigenvalue weighted by atomic mass is 10.3. The first-order valence-corrected chi connectivity index (χ1v) is 7.10. The first kappa shape index (κ1) is 15.4. The number of pyridine rings is 1. The average molecular weight is 291 g/mol. The molecule has 1 saturated heterocycles. The smallest absolute Gasteiger partial charge is 0.314 e. The van der Waals surface area contributed by atoms with Crippen LogP contribution in [0, 0.1) is 6.92 Å². The van der Waals surface area contributed by atoms with Crippen molar-refractivity contribution < 1.29 is 9.59 Å². The van der Waals surface area contributed by atoms with Crippen LogP contribution in [0.25, 0.3) is 0 Å². The third-order valence-electron chi connectivity index (χ3n) is 3.28. The van der Waals surface area contributed by atoms with Crippen LogP contribution in [0.5, 0.6) is 0 Å². The first-order chi connectivity index (χ1) is 10.1. The van der Waals surface area contributed by atoms with Crippen molar-refractivity contribution in [3.63, 3.8) is 0 Å². The van der Waals surface area contributed by atoms with E-state index in [1.54, 1.807) is 12.3 Å². The number of nitrogens with one attached hydrogen (secondary N) is 3. The Balaban J connectivity index is 1.69. The van der Waals surface area contributed by atoms with Gasteiger partial charge in [-0.3, -0.25) is 14.5 Å². The molecule has 2 heterocycles. The number of piperazine rings is 1. The third kappa shape index (κ3) is 5.13. The predicted molar refractivity (Wildman–Crippen MR) is 79.9 cm³/mol. The van der Waals surface area contributed by atoms with Crippen LogP contribution in [0.3, 0.4) is 0 Å². The molecular formula is C14H21N5O2. The number of hydrogen-bond donors (Lipinski definition) is 3. The van der Waals surface area contributed by atoms with Crippen molar-refractivity contribution in [1.29, 1.82) is 0 Å².